The van der Waals surface area contributed by atoms with Crippen molar-refractivity contribution in [1.82, 2.24) is 5.01 Å². The number of fused-ring (bicyclic) bond motifs is 1. The van der Waals surface area contributed by atoms with Crippen molar-refractivity contribution in [3.8, 4) is 5.75 Å². The Morgan fingerprint density at radius 2 is 1.93 bits per heavy atom. The number of carbonyl (C=O) groups is 1. The maximum Gasteiger partial charge on any atom is 0.339 e. The number of rotatable bonds is 4. The smallest absolute Gasteiger partial charge is 0.339 e. The number of carbonyl (C=O) groups excluding carboxylic acids is 1. The molecule has 28 heavy (non-hydrogen) atoms. The second-order valence-electron chi connectivity index (χ2n) is 6.73. The van der Waals surface area contributed by atoms with Gasteiger partial charge in [0.25, 0.3) is 0 Å². The molecule has 0 aliphatic carbocycles. The van der Waals surface area contributed by atoms with Crippen molar-refractivity contribution >= 4 is 22.7 Å². The molecule has 0 radical (unpaired) electrons. The lowest BCUT2D eigenvalue weighted by Crippen LogP contribution is -2.37. The number of urea groups is 1. The van der Waals surface area contributed by atoms with Crippen molar-refractivity contribution in [2.24, 2.45) is 5.84 Å². The zero-order valence-corrected chi connectivity index (χ0v) is 16.3. The molecule has 1 heterocycles. The first-order valence-corrected chi connectivity index (χ1v) is 8.82. The third-order valence-electron chi connectivity index (χ3n) is 4.78. The van der Waals surface area contributed by atoms with Gasteiger partial charge in [-0.25, -0.2) is 15.4 Å². The Morgan fingerprint density at radius 3 is 2.64 bits per heavy atom. The number of benzene rings is 2. The highest BCUT2D eigenvalue weighted by atomic mass is 16.5. The highest BCUT2D eigenvalue weighted by molar-refractivity contribution is 5.89. The Balaban J connectivity index is 1.87. The SMILES string of the molecule is Cc1cccc(NC(=O)N(C)N)c1COc1ccc2c(C)c(C)c(=O)oc2c1. The zero-order chi connectivity index (χ0) is 20.4. The van der Waals surface area contributed by atoms with Gasteiger partial charge in [0.2, 0.25) is 0 Å². The number of anilines is 1. The van der Waals surface area contributed by atoms with E-state index < -0.39 is 6.03 Å². The summed E-state index contributed by atoms with van der Waals surface area (Å²) in [4.78, 5) is 23.8. The molecule has 3 aromatic rings. The maximum atomic E-state index is 11.9. The third-order valence-corrected chi connectivity index (χ3v) is 4.78. The molecule has 0 spiro atoms. The number of ether oxygens (including phenoxy) is 1. The molecule has 0 aliphatic heterocycles. The molecule has 3 N–H and O–H groups in total. The van der Waals surface area contributed by atoms with Crippen LogP contribution in [0.4, 0.5) is 10.5 Å². The summed E-state index contributed by atoms with van der Waals surface area (Å²) in [6.07, 6.45) is 0. The lowest BCUT2D eigenvalue weighted by Gasteiger charge is -2.17. The van der Waals surface area contributed by atoms with E-state index in [0.29, 0.717) is 22.6 Å². The lowest BCUT2D eigenvalue weighted by molar-refractivity contribution is 0.223. The first kappa shape index (κ1) is 19.4. The van der Waals surface area contributed by atoms with Gasteiger partial charge in [-0.05, 0) is 50.1 Å². The van der Waals surface area contributed by atoms with Crippen LogP contribution in [0.2, 0.25) is 0 Å². The van der Waals surface area contributed by atoms with Gasteiger partial charge in [0.15, 0.2) is 0 Å². The third kappa shape index (κ3) is 3.84. The Bertz CT molecular complexity index is 1100. The van der Waals surface area contributed by atoms with Crippen molar-refractivity contribution in [2.45, 2.75) is 27.4 Å². The van der Waals surface area contributed by atoms with Crippen LogP contribution in [0.3, 0.4) is 0 Å². The minimum atomic E-state index is -0.426. The van der Waals surface area contributed by atoms with Crippen molar-refractivity contribution in [1.29, 1.82) is 0 Å². The van der Waals surface area contributed by atoms with E-state index in [1.165, 1.54) is 7.05 Å². The molecule has 2 aromatic carbocycles. The first-order valence-electron chi connectivity index (χ1n) is 8.82. The van der Waals surface area contributed by atoms with Crippen LogP contribution in [0, 0.1) is 20.8 Å². The fourth-order valence-corrected chi connectivity index (χ4v) is 2.89. The number of hydrogen-bond donors (Lipinski definition) is 2. The van der Waals surface area contributed by atoms with Gasteiger partial charge < -0.3 is 14.5 Å². The fourth-order valence-electron chi connectivity index (χ4n) is 2.89. The van der Waals surface area contributed by atoms with Gasteiger partial charge in [-0.2, -0.15) is 0 Å². The molecule has 2 amide bonds. The van der Waals surface area contributed by atoms with Crippen LogP contribution in [0.1, 0.15) is 22.3 Å². The summed E-state index contributed by atoms with van der Waals surface area (Å²) >= 11 is 0. The number of nitrogens with zero attached hydrogens (tertiary/aromatic N) is 1. The van der Waals surface area contributed by atoms with Crippen molar-refractivity contribution in [2.75, 3.05) is 12.4 Å². The summed E-state index contributed by atoms with van der Waals surface area (Å²) in [6, 6.07) is 10.6. The van der Waals surface area contributed by atoms with E-state index >= 15 is 0 Å². The van der Waals surface area contributed by atoms with Crippen molar-refractivity contribution < 1.29 is 13.9 Å². The summed E-state index contributed by atoms with van der Waals surface area (Å²) in [5, 5.41) is 4.61. The number of aryl methyl sites for hydroxylation is 2. The monoisotopic (exact) mass is 381 g/mol. The van der Waals surface area contributed by atoms with Crippen molar-refractivity contribution in [3.05, 3.63) is 69.1 Å². The molecule has 0 atom stereocenters. The summed E-state index contributed by atoms with van der Waals surface area (Å²) in [5.41, 5.74) is 4.06. The number of nitrogens with two attached hydrogens (primary N) is 1. The molecule has 0 saturated heterocycles. The highest BCUT2D eigenvalue weighted by Crippen LogP contribution is 2.26. The van der Waals surface area contributed by atoms with Crippen LogP contribution < -0.4 is 21.5 Å². The van der Waals surface area contributed by atoms with Gasteiger partial charge in [-0.1, -0.05) is 12.1 Å². The minimum absolute atomic E-state index is 0.233. The van der Waals surface area contributed by atoms with Crippen LogP contribution in [0.15, 0.2) is 45.6 Å². The van der Waals surface area contributed by atoms with E-state index in [1.807, 2.05) is 38.1 Å². The summed E-state index contributed by atoms with van der Waals surface area (Å²) < 4.78 is 11.3. The molecule has 146 valence electrons. The van der Waals surface area contributed by atoms with Crippen LogP contribution in [0.5, 0.6) is 5.75 Å². The highest BCUT2D eigenvalue weighted by Gasteiger charge is 2.12. The summed E-state index contributed by atoms with van der Waals surface area (Å²) in [6.45, 7) is 5.81. The summed E-state index contributed by atoms with van der Waals surface area (Å²) in [5.74, 6) is 6.04. The standard InChI is InChI=1S/C21H23N3O4/c1-12-6-5-7-18(23-21(26)24(4)22)17(12)11-27-15-8-9-16-13(2)14(3)20(25)28-19(16)10-15/h5-10H,11,22H2,1-4H3,(H,23,26). The van der Waals surface area contributed by atoms with E-state index in [-0.39, 0.29) is 12.2 Å². The molecule has 0 saturated carbocycles. The van der Waals surface area contributed by atoms with Crippen LogP contribution in [-0.2, 0) is 6.61 Å². The molecule has 7 heteroatoms. The molecule has 0 unspecified atom stereocenters. The fraction of sp³-hybridized carbons (Fsp3) is 0.238. The topological polar surface area (TPSA) is 97.8 Å². The van der Waals surface area contributed by atoms with Gasteiger partial charge in [0.05, 0.1) is 0 Å². The van der Waals surface area contributed by atoms with Gasteiger partial charge in [0.1, 0.15) is 17.9 Å². The normalized spacial score (nSPS) is 10.8. The van der Waals surface area contributed by atoms with E-state index in [0.717, 1.165) is 27.1 Å². The Morgan fingerprint density at radius 1 is 1.18 bits per heavy atom. The average Bonchev–Trinajstić information content (AvgIpc) is 2.65. The molecule has 0 fully saturated rings. The first-order chi connectivity index (χ1) is 13.3. The largest absolute Gasteiger partial charge is 0.489 e. The van der Waals surface area contributed by atoms with E-state index in [1.54, 1.807) is 19.1 Å². The zero-order valence-electron chi connectivity index (χ0n) is 16.3. The maximum absolute atomic E-state index is 11.9. The molecular formula is C21H23N3O4. The summed E-state index contributed by atoms with van der Waals surface area (Å²) in [7, 11) is 1.47. The molecule has 0 bridgehead atoms. The van der Waals surface area contributed by atoms with Crippen LogP contribution in [0.25, 0.3) is 11.0 Å². The van der Waals surface area contributed by atoms with Crippen LogP contribution in [-0.4, -0.2) is 18.1 Å². The molecule has 0 aliphatic rings. The van der Waals surface area contributed by atoms with E-state index in [4.69, 9.17) is 15.0 Å². The van der Waals surface area contributed by atoms with Gasteiger partial charge in [-0.15, -0.1) is 0 Å². The van der Waals surface area contributed by atoms with Gasteiger partial charge in [-0.3, -0.25) is 5.01 Å². The number of nitrogens with one attached hydrogen (secondary N) is 1. The second kappa shape index (κ2) is 7.74. The number of hydrogen-bond acceptors (Lipinski definition) is 5. The Hall–Kier alpha value is -3.32. The van der Waals surface area contributed by atoms with Gasteiger partial charge in [0, 0.05) is 35.3 Å². The van der Waals surface area contributed by atoms with E-state index in [9.17, 15) is 9.59 Å². The molecule has 7 nitrogen and oxygen atoms in total. The average molecular weight is 381 g/mol. The minimum Gasteiger partial charge on any atom is -0.489 e. The Labute approximate surface area is 162 Å². The number of hydrazine groups is 1. The quantitative estimate of drug-likeness (QED) is 0.311. The molecular weight excluding hydrogens is 358 g/mol. The molecule has 1 aromatic heterocycles. The predicted molar refractivity (Wildman–Crippen MR) is 108 cm³/mol. The molecule has 3 rings (SSSR count). The second-order valence-corrected chi connectivity index (χ2v) is 6.73. The lowest BCUT2D eigenvalue weighted by atomic mass is 10.1. The van der Waals surface area contributed by atoms with Crippen LogP contribution >= 0.6 is 0 Å². The number of amides is 2. The van der Waals surface area contributed by atoms with Crippen molar-refractivity contribution in [3.63, 3.8) is 0 Å². The Kier molecular flexibility index (Phi) is 5.37. The van der Waals surface area contributed by atoms with Gasteiger partial charge >= 0.3 is 11.7 Å². The predicted octanol–water partition coefficient (Wildman–Crippen LogP) is 3.63. The van der Waals surface area contributed by atoms with E-state index in [2.05, 4.69) is 5.32 Å².